The molecule has 0 spiro atoms. The summed E-state index contributed by atoms with van der Waals surface area (Å²) in [5, 5.41) is 9.59. The number of hydrogen-bond acceptors (Lipinski definition) is 2. The van der Waals surface area contributed by atoms with E-state index in [-0.39, 0.29) is 6.42 Å². The number of ether oxygens (including phenoxy) is 1. The van der Waals surface area contributed by atoms with Gasteiger partial charge in [-0.05, 0) is 31.0 Å². The molecular weight excluding hydrogens is 252 g/mol. The minimum Gasteiger partial charge on any atom is -0.496 e. The Balaban J connectivity index is 3.42. The maximum absolute atomic E-state index is 10.9. The molecule has 0 unspecified atom stereocenters. The molecule has 0 bridgehead atoms. The number of carbonyl (C=O) groups is 1. The number of halogens is 1. The zero-order chi connectivity index (χ0) is 14.1. The van der Waals surface area contributed by atoms with E-state index in [9.17, 15) is 4.79 Å². The Morgan fingerprint density at radius 3 is 2.39 bits per heavy atom. The van der Waals surface area contributed by atoms with E-state index in [2.05, 4.69) is 0 Å². The van der Waals surface area contributed by atoms with Crippen LogP contribution in [0.25, 0.3) is 0 Å². The lowest BCUT2D eigenvalue weighted by molar-refractivity contribution is -0.138. The second-order valence-electron chi connectivity index (χ2n) is 5.14. The molecule has 0 radical (unpaired) electrons. The third-order valence-corrected chi connectivity index (χ3v) is 3.63. The van der Waals surface area contributed by atoms with Gasteiger partial charge in [-0.2, -0.15) is 0 Å². The fraction of sp³-hybridized carbons (Fsp3) is 0.500. The molecule has 18 heavy (non-hydrogen) atoms. The lowest BCUT2D eigenvalue weighted by Gasteiger charge is -2.27. The average Bonchev–Trinajstić information content (AvgIpc) is 2.22. The van der Waals surface area contributed by atoms with E-state index in [1.165, 1.54) is 0 Å². The zero-order valence-corrected chi connectivity index (χ0v) is 12.2. The number of rotatable bonds is 4. The van der Waals surface area contributed by atoms with Crippen LogP contribution >= 0.6 is 11.6 Å². The Morgan fingerprint density at radius 1 is 1.39 bits per heavy atom. The third-order valence-electron chi connectivity index (χ3n) is 3.24. The van der Waals surface area contributed by atoms with Crippen LogP contribution in [0.1, 0.15) is 37.0 Å². The van der Waals surface area contributed by atoms with Gasteiger partial charge >= 0.3 is 5.97 Å². The number of carboxylic acids is 1. The molecule has 0 amide bonds. The fourth-order valence-corrected chi connectivity index (χ4v) is 2.53. The summed E-state index contributed by atoms with van der Waals surface area (Å²) >= 11 is 6.18. The second kappa shape index (κ2) is 5.19. The Bertz CT molecular complexity index is 478. The fourth-order valence-electron chi connectivity index (χ4n) is 2.34. The maximum Gasteiger partial charge on any atom is 0.304 e. The summed E-state index contributed by atoms with van der Waals surface area (Å²) < 4.78 is 5.37. The van der Waals surface area contributed by atoms with E-state index in [1.807, 2.05) is 33.8 Å². The van der Waals surface area contributed by atoms with Crippen molar-refractivity contribution in [2.45, 2.75) is 39.5 Å². The number of carboxylic acid groups (broad SMARTS) is 1. The van der Waals surface area contributed by atoms with E-state index < -0.39 is 11.4 Å². The highest BCUT2D eigenvalue weighted by molar-refractivity contribution is 6.31. The van der Waals surface area contributed by atoms with Gasteiger partial charge in [0.25, 0.3) is 0 Å². The van der Waals surface area contributed by atoms with Gasteiger partial charge in [-0.1, -0.05) is 25.4 Å². The molecule has 0 aliphatic rings. The van der Waals surface area contributed by atoms with Crippen LogP contribution in [-0.4, -0.2) is 18.2 Å². The van der Waals surface area contributed by atoms with Crippen LogP contribution in [0.2, 0.25) is 5.02 Å². The predicted octanol–water partition coefficient (Wildman–Crippen LogP) is 3.72. The summed E-state index contributed by atoms with van der Waals surface area (Å²) in [5.41, 5.74) is 2.26. The predicted molar refractivity (Wildman–Crippen MR) is 72.8 cm³/mol. The summed E-state index contributed by atoms with van der Waals surface area (Å²) in [6, 6.07) is 1.84. The van der Waals surface area contributed by atoms with Crippen LogP contribution in [0, 0.1) is 13.8 Å². The van der Waals surface area contributed by atoms with Gasteiger partial charge in [0.1, 0.15) is 5.75 Å². The van der Waals surface area contributed by atoms with Crippen LogP contribution in [0.4, 0.5) is 0 Å². The molecule has 0 heterocycles. The molecule has 0 aliphatic heterocycles. The highest BCUT2D eigenvalue weighted by Gasteiger charge is 2.28. The summed E-state index contributed by atoms with van der Waals surface area (Å²) in [6.45, 7) is 7.62. The Morgan fingerprint density at radius 2 is 1.94 bits per heavy atom. The normalized spacial score (nSPS) is 11.4. The average molecular weight is 271 g/mol. The smallest absolute Gasteiger partial charge is 0.304 e. The summed E-state index contributed by atoms with van der Waals surface area (Å²) in [4.78, 5) is 10.9. The largest absolute Gasteiger partial charge is 0.496 e. The first kappa shape index (κ1) is 14.8. The van der Waals surface area contributed by atoms with Gasteiger partial charge in [0.15, 0.2) is 0 Å². The summed E-state index contributed by atoms with van der Waals surface area (Å²) in [5.74, 6) is -0.0916. The molecule has 0 fully saturated rings. The van der Waals surface area contributed by atoms with Gasteiger partial charge < -0.3 is 9.84 Å². The van der Waals surface area contributed by atoms with E-state index in [4.69, 9.17) is 21.4 Å². The first-order chi connectivity index (χ1) is 8.20. The minimum atomic E-state index is -0.824. The minimum absolute atomic E-state index is 0.0520. The molecule has 0 saturated carbocycles. The summed E-state index contributed by atoms with van der Waals surface area (Å²) in [6.07, 6.45) is 0.0520. The molecule has 1 N–H and O–H groups in total. The van der Waals surface area contributed by atoms with Gasteiger partial charge in [-0.3, -0.25) is 4.79 Å². The molecule has 0 aliphatic carbocycles. The molecular formula is C14H19ClO3. The summed E-state index contributed by atoms with van der Waals surface area (Å²) in [7, 11) is 1.60. The van der Waals surface area contributed by atoms with Gasteiger partial charge in [-0.15, -0.1) is 0 Å². The van der Waals surface area contributed by atoms with Gasteiger partial charge in [0, 0.05) is 16.0 Å². The zero-order valence-electron chi connectivity index (χ0n) is 11.4. The number of hydrogen-bond donors (Lipinski definition) is 1. The standard InChI is InChI=1S/C14H19ClO3/c1-8-10(14(3,4)7-12(16)17)6-11(15)9(2)13(8)18-5/h6H,7H2,1-5H3,(H,16,17). The number of benzene rings is 1. The van der Waals surface area contributed by atoms with Crippen LogP contribution in [0.3, 0.4) is 0 Å². The first-order valence-electron chi connectivity index (χ1n) is 5.76. The van der Waals surface area contributed by atoms with E-state index in [0.29, 0.717) is 5.02 Å². The van der Waals surface area contributed by atoms with Crippen LogP contribution in [-0.2, 0) is 10.2 Å². The second-order valence-corrected chi connectivity index (χ2v) is 5.55. The molecule has 0 aromatic heterocycles. The Hall–Kier alpha value is -1.22. The molecule has 1 aromatic rings. The monoisotopic (exact) mass is 270 g/mol. The van der Waals surface area contributed by atoms with Crippen LogP contribution in [0.15, 0.2) is 6.07 Å². The molecule has 1 rings (SSSR count). The highest BCUT2D eigenvalue weighted by Crippen LogP contribution is 2.39. The Kier molecular flexibility index (Phi) is 4.28. The van der Waals surface area contributed by atoms with Crippen LogP contribution in [0.5, 0.6) is 5.75 Å². The molecule has 1 aromatic carbocycles. The highest BCUT2D eigenvalue weighted by atomic mass is 35.5. The maximum atomic E-state index is 10.9. The van der Waals surface area contributed by atoms with E-state index in [1.54, 1.807) is 7.11 Å². The van der Waals surface area contributed by atoms with Crippen molar-refractivity contribution in [2.24, 2.45) is 0 Å². The van der Waals surface area contributed by atoms with Crippen molar-refractivity contribution in [2.75, 3.05) is 7.11 Å². The molecule has 0 saturated heterocycles. The van der Waals surface area contributed by atoms with Gasteiger partial charge in [0.05, 0.1) is 13.5 Å². The number of aliphatic carboxylic acids is 1. The van der Waals surface area contributed by atoms with Crippen molar-refractivity contribution < 1.29 is 14.6 Å². The lowest BCUT2D eigenvalue weighted by atomic mass is 9.78. The van der Waals surface area contributed by atoms with Crippen LogP contribution < -0.4 is 4.74 Å². The van der Waals surface area contributed by atoms with Crippen molar-refractivity contribution in [1.82, 2.24) is 0 Å². The molecule has 3 nitrogen and oxygen atoms in total. The van der Waals surface area contributed by atoms with Crippen molar-refractivity contribution in [3.05, 3.63) is 27.8 Å². The van der Waals surface area contributed by atoms with Crippen molar-refractivity contribution >= 4 is 17.6 Å². The van der Waals surface area contributed by atoms with E-state index >= 15 is 0 Å². The van der Waals surface area contributed by atoms with E-state index in [0.717, 1.165) is 22.4 Å². The topological polar surface area (TPSA) is 46.5 Å². The lowest BCUT2D eigenvalue weighted by Crippen LogP contribution is -2.23. The SMILES string of the molecule is COc1c(C)c(Cl)cc(C(C)(C)CC(=O)O)c1C. The van der Waals surface area contributed by atoms with Gasteiger partial charge in [-0.25, -0.2) is 0 Å². The first-order valence-corrected chi connectivity index (χ1v) is 6.14. The van der Waals surface area contributed by atoms with Gasteiger partial charge in [0.2, 0.25) is 0 Å². The quantitative estimate of drug-likeness (QED) is 0.907. The molecule has 4 heteroatoms. The number of methoxy groups -OCH3 is 1. The van der Waals surface area contributed by atoms with Crippen molar-refractivity contribution in [1.29, 1.82) is 0 Å². The molecule has 0 atom stereocenters. The van der Waals surface area contributed by atoms with Crippen molar-refractivity contribution in [3.63, 3.8) is 0 Å². The van der Waals surface area contributed by atoms with Crippen molar-refractivity contribution in [3.8, 4) is 5.75 Å². The Labute approximate surface area is 113 Å². The molecule has 100 valence electrons. The third kappa shape index (κ3) is 2.78.